The van der Waals surface area contributed by atoms with Gasteiger partial charge in [0.25, 0.3) is 0 Å². The molecule has 8 aromatic rings. The number of halogens is 1. The molecule has 0 radical (unpaired) electrons. The van der Waals surface area contributed by atoms with Gasteiger partial charge in [-0.2, -0.15) is 0 Å². The van der Waals surface area contributed by atoms with Gasteiger partial charge in [0.1, 0.15) is 23.3 Å². The summed E-state index contributed by atoms with van der Waals surface area (Å²) in [5.74, 6) is 0.848. The van der Waals surface area contributed by atoms with E-state index in [-0.39, 0.29) is 17.8 Å². The van der Waals surface area contributed by atoms with Crippen LogP contribution in [0.2, 0.25) is 0 Å². The van der Waals surface area contributed by atoms with Crippen LogP contribution in [0.25, 0.3) is 54.3 Å². The smallest absolute Gasteiger partial charge is 0.159 e. The van der Waals surface area contributed by atoms with Crippen LogP contribution < -0.4 is 9.80 Å². The lowest BCUT2D eigenvalue weighted by atomic mass is 9.86. The quantitative estimate of drug-likeness (QED) is 0.119. The summed E-state index contributed by atoms with van der Waals surface area (Å²) in [6, 6.07) is 37.7. The fraction of sp³-hybridized carbons (Fsp3) is 0.148. The molecule has 2 heterocycles. The molecule has 3 aliphatic rings. The Kier molecular flexibility index (Phi) is 8.33. The standard InChI is InChI=1S/C54H43FN2O2/c1-4-5-31-56(47-18-10-16-42-41-15-9-12-34(3)52(41)59-54(42)47)45-29-21-35-20-28-44-46(30-22-36-19-27-43(45)50(35)51(36)44)57(39-25-23-38(55)24-26-39)48-17-7-6-14-40-37-13-8-11-33(2)49(32-37)58-53(40)48/h4-5,7-30,37,49H,6,31-32H2,1-3H3/b5-4-. The second-order valence-corrected chi connectivity index (χ2v) is 16.0. The van der Waals surface area contributed by atoms with E-state index in [1.54, 1.807) is 12.1 Å². The van der Waals surface area contributed by atoms with Crippen LogP contribution in [0.15, 0.2) is 185 Å². The Hall–Kier alpha value is -6.85. The van der Waals surface area contributed by atoms with Crippen molar-refractivity contribution in [2.45, 2.75) is 39.7 Å². The number of para-hydroxylation sites is 2. The van der Waals surface area contributed by atoms with Gasteiger partial charge in [0.15, 0.2) is 5.58 Å². The van der Waals surface area contributed by atoms with Crippen molar-refractivity contribution in [1.82, 2.24) is 0 Å². The van der Waals surface area contributed by atoms with Gasteiger partial charge in [-0.15, -0.1) is 0 Å². The Morgan fingerprint density at radius 1 is 0.746 bits per heavy atom. The second kappa shape index (κ2) is 13.9. The van der Waals surface area contributed by atoms with Crippen molar-refractivity contribution in [3.05, 3.63) is 192 Å². The molecule has 1 saturated heterocycles. The van der Waals surface area contributed by atoms with Gasteiger partial charge < -0.3 is 19.0 Å². The van der Waals surface area contributed by atoms with Crippen molar-refractivity contribution in [1.29, 1.82) is 0 Å². The number of nitrogens with zero attached hydrogens (tertiary/aromatic N) is 2. The first kappa shape index (κ1) is 35.3. The van der Waals surface area contributed by atoms with E-state index in [2.05, 4.69) is 164 Å². The average Bonchev–Trinajstić information content (AvgIpc) is 3.43. The second-order valence-electron chi connectivity index (χ2n) is 16.0. The highest BCUT2D eigenvalue weighted by molar-refractivity contribution is 6.28. The lowest BCUT2D eigenvalue weighted by Gasteiger charge is -2.36. The molecule has 0 saturated carbocycles. The molecular formula is C54H43FN2O2. The predicted octanol–water partition coefficient (Wildman–Crippen LogP) is 14.8. The Morgan fingerprint density at radius 2 is 1.46 bits per heavy atom. The van der Waals surface area contributed by atoms with Gasteiger partial charge in [-0.3, -0.25) is 0 Å². The molecule has 1 fully saturated rings. The van der Waals surface area contributed by atoms with E-state index < -0.39 is 0 Å². The van der Waals surface area contributed by atoms with E-state index in [0.29, 0.717) is 6.54 Å². The van der Waals surface area contributed by atoms with Gasteiger partial charge in [-0.1, -0.05) is 109 Å². The Labute approximate surface area is 343 Å². The minimum absolute atomic E-state index is 0.0292. The lowest BCUT2D eigenvalue weighted by Crippen LogP contribution is -2.29. The van der Waals surface area contributed by atoms with Crippen molar-refractivity contribution >= 4 is 77.0 Å². The number of allylic oxidation sites excluding steroid dienone is 8. The maximum atomic E-state index is 14.7. The van der Waals surface area contributed by atoms with E-state index >= 15 is 0 Å². The lowest BCUT2D eigenvalue weighted by molar-refractivity contribution is 0.109. The zero-order valence-electron chi connectivity index (χ0n) is 33.4. The molecule has 7 aromatic carbocycles. The highest BCUT2D eigenvalue weighted by atomic mass is 19.1. The molecule has 2 bridgehead atoms. The predicted molar refractivity (Wildman–Crippen MR) is 244 cm³/mol. The summed E-state index contributed by atoms with van der Waals surface area (Å²) in [5.41, 5.74) is 10.3. The SMILES string of the molecule is C/C=C\CN(c1ccc2ccc3c(N(C4=C5OC6CC(C=CC=C6C)C5=CCC=C4)c4ccc(F)cc4)ccc4ccc1c2c43)c1cccc2c1oc1c(C)cccc12. The number of hydrogen-bond donors (Lipinski definition) is 0. The molecule has 2 atom stereocenters. The van der Waals surface area contributed by atoms with E-state index in [9.17, 15) is 4.39 Å². The first-order valence-corrected chi connectivity index (χ1v) is 20.7. The van der Waals surface area contributed by atoms with Crippen LogP contribution in [0, 0.1) is 18.7 Å². The molecule has 0 spiro atoms. The first-order chi connectivity index (χ1) is 29.0. The summed E-state index contributed by atoms with van der Waals surface area (Å²) < 4.78 is 28.4. The minimum atomic E-state index is -0.270. The van der Waals surface area contributed by atoms with Crippen molar-refractivity contribution < 1.29 is 13.5 Å². The highest BCUT2D eigenvalue weighted by Gasteiger charge is 2.35. The third-order valence-corrected chi connectivity index (χ3v) is 12.6. The largest absolute Gasteiger partial charge is 0.484 e. The molecule has 1 aromatic heterocycles. The van der Waals surface area contributed by atoms with Crippen LogP contribution in [0.5, 0.6) is 0 Å². The van der Waals surface area contributed by atoms with Crippen LogP contribution in [0.3, 0.4) is 0 Å². The van der Waals surface area contributed by atoms with Crippen LogP contribution in [0.4, 0.5) is 27.1 Å². The van der Waals surface area contributed by atoms with Gasteiger partial charge in [-0.05, 0) is 120 Å². The maximum Gasteiger partial charge on any atom is 0.159 e. The van der Waals surface area contributed by atoms with E-state index in [0.717, 1.165) is 90.7 Å². The molecule has 0 N–H and O–H groups in total. The molecule has 0 amide bonds. The Morgan fingerprint density at radius 3 is 2.24 bits per heavy atom. The molecule has 11 rings (SSSR count). The van der Waals surface area contributed by atoms with Crippen molar-refractivity contribution in [2.24, 2.45) is 5.92 Å². The molecule has 288 valence electrons. The van der Waals surface area contributed by atoms with Crippen LogP contribution in [0.1, 0.15) is 32.3 Å². The highest BCUT2D eigenvalue weighted by Crippen LogP contribution is 2.49. The molecule has 2 aliphatic carbocycles. The topological polar surface area (TPSA) is 28.9 Å². The summed E-state index contributed by atoms with van der Waals surface area (Å²) in [6.07, 6.45) is 19.4. The number of aryl methyl sites for hydroxylation is 1. The van der Waals surface area contributed by atoms with Gasteiger partial charge in [0.2, 0.25) is 0 Å². The number of furan rings is 1. The van der Waals surface area contributed by atoms with E-state index in [1.165, 1.54) is 27.3 Å². The molecule has 59 heavy (non-hydrogen) atoms. The van der Waals surface area contributed by atoms with Gasteiger partial charge in [0.05, 0.1) is 17.1 Å². The summed E-state index contributed by atoms with van der Waals surface area (Å²) in [7, 11) is 0. The fourth-order valence-corrected chi connectivity index (χ4v) is 9.67. The molecule has 5 heteroatoms. The number of fused-ring (bicyclic) bond motifs is 7. The van der Waals surface area contributed by atoms with E-state index in [4.69, 9.17) is 9.15 Å². The Balaban J connectivity index is 1.15. The normalized spacial score (nSPS) is 17.8. The monoisotopic (exact) mass is 770 g/mol. The van der Waals surface area contributed by atoms with Crippen molar-refractivity contribution in [3.8, 4) is 0 Å². The van der Waals surface area contributed by atoms with Crippen molar-refractivity contribution in [3.63, 3.8) is 0 Å². The molecular weight excluding hydrogens is 728 g/mol. The van der Waals surface area contributed by atoms with Gasteiger partial charge in [-0.25, -0.2) is 4.39 Å². The average molecular weight is 771 g/mol. The van der Waals surface area contributed by atoms with Crippen LogP contribution in [-0.2, 0) is 4.74 Å². The van der Waals surface area contributed by atoms with Crippen LogP contribution in [-0.4, -0.2) is 12.6 Å². The first-order valence-electron chi connectivity index (χ1n) is 20.7. The zero-order valence-corrected chi connectivity index (χ0v) is 33.4. The van der Waals surface area contributed by atoms with Gasteiger partial charge >= 0.3 is 0 Å². The number of hydrogen-bond acceptors (Lipinski definition) is 4. The summed E-state index contributed by atoms with van der Waals surface area (Å²) >= 11 is 0. The Bertz CT molecular complexity index is 3180. The fourth-order valence-electron chi connectivity index (χ4n) is 9.67. The van der Waals surface area contributed by atoms with E-state index in [1.807, 2.05) is 12.1 Å². The van der Waals surface area contributed by atoms with Crippen LogP contribution >= 0.6 is 0 Å². The number of benzene rings is 7. The maximum absolute atomic E-state index is 14.7. The van der Waals surface area contributed by atoms with Gasteiger partial charge in [0, 0.05) is 45.4 Å². The summed E-state index contributed by atoms with van der Waals surface area (Å²) in [4.78, 5) is 4.67. The van der Waals surface area contributed by atoms with Crippen molar-refractivity contribution in [2.75, 3.05) is 16.3 Å². The third kappa shape index (κ3) is 5.63. The minimum Gasteiger partial charge on any atom is -0.484 e. The number of ether oxygens (including phenoxy) is 1. The third-order valence-electron chi connectivity index (χ3n) is 12.6. The zero-order chi connectivity index (χ0) is 39.8. The summed E-state index contributed by atoms with van der Waals surface area (Å²) in [5, 5.41) is 9.24. The number of anilines is 4. The molecule has 4 nitrogen and oxygen atoms in total. The summed E-state index contributed by atoms with van der Waals surface area (Å²) in [6.45, 7) is 7.01. The molecule has 2 unspecified atom stereocenters. The molecule has 1 aliphatic heterocycles. The number of rotatable bonds is 7.